The molecule has 0 bridgehead atoms. The summed E-state index contributed by atoms with van der Waals surface area (Å²) in [6.45, 7) is -0.184. The number of benzene rings is 2. The molecular weight excluding hydrogens is 359 g/mol. The molecule has 0 saturated heterocycles. The molecule has 0 unspecified atom stereocenters. The Morgan fingerprint density at radius 2 is 2.00 bits per heavy atom. The number of halogens is 2. The Labute approximate surface area is 156 Å². The lowest BCUT2D eigenvalue weighted by atomic mass is 10.2. The molecule has 7 heteroatoms. The summed E-state index contributed by atoms with van der Waals surface area (Å²) >= 11 is 5.91. The molecule has 0 fully saturated rings. The molecule has 136 valence electrons. The highest BCUT2D eigenvalue weighted by Gasteiger charge is 2.13. The molecule has 0 radical (unpaired) electrons. The molecular formula is C19H18ClFN2O3. The van der Waals surface area contributed by atoms with E-state index in [0.717, 1.165) is 0 Å². The van der Waals surface area contributed by atoms with Gasteiger partial charge in [-0.25, -0.2) is 4.39 Å². The van der Waals surface area contributed by atoms with Crippen LogP contribution in [-0.2, 0) is 9.59 Å². The summed E-state index contributed by atoms with van der Waals surface area (Å²) < 4.78 is 18.7. The van der Waals surface area contributed by atoms with E-state index in [1.165, 1.54) is 37.3 Å². The van der Waals surface area contributed by atoms with Crippen LogP contribution in [0.15, 0.2) is 48.5 Å². The SMILES string of the molecule is COc1ccc(Cl)cc1NC(=O)CN(C)C(=O)/C=C/c1ccccc1F. The van der Waals surface area contributed by atoms with Crippen molar-refractivity contribution in [2.24, 2.45) is 0 Å². The van der Waals surface area contributed by atoms with Crippen molar-refractivity contribution < 1.29 is 18.7 Å². The third kappa shape index (κ3) is 5.32. The van der Waals surface area contributed by atoms with Crippen molar-refractivity contribution in [1.82, 2.24) is 4.90 Å². The van der Waals surface area contributed by atoms with Gasteiger partial charge in [0.2, 0.25) is 11.8 Å². The summed E-state index contributed by atoms with van der Waals surface area (Å²) in [5, 5.41) is 3.09. The molecule has 0 aliphatic heterocycles. The van der Waals surface area contributed by atoms with E-state index in [-0.39, 0.29) is 6.54 Å². The first-order valence-corrected chi connectivity index (χ1v) is 8.09. The van der Waals surface area contributed by atoms with E-state index in [1.54, 1.807) is 36.4 Å². The molecule has 0 aromatic heterocycles. The number of nitrogens with one attached hydrogen (secondary N) is 1. The molecule has 2 aromatic carbocycles. The van der Waals surface area contributed by atoms with Crippen LogP contribution in [-0.4, -0.2) is 37.4 Å². The van der Waals surface area contributed by atoms with Gasteiger partial charge < -0.3 is 15.0 Å². The summed E-state index contributed by atoms with van der Waals surface area (Å²) in [5.41, 5.74) is 0.704. The van der Waals surface area contributed by atoms with Gasteiger partial charge in [0.05, 0.1) is 19.3 Å². The van der Waals surface area contributed by atoms with Gasteiger partial charge in [-0.1, -0.05) is 29.8 Å². The molecule has 0 spiro atoms. The van der Waals surface area contributed by atoms with Gasteiger partial charge in [-0.05, 0) is 30.3 Å². The first-order valence-electron chi connectivity index (χ1n) is 7.72. The number of nitrogens with zero attached hydrogens (tertiary/aromatic N) is 1. The van der Waals surface area contributed by atoms with Gasteiger partial charge >= 0.3 is 0 Å². The highest BCUT2D eigenvalue weighted by atomic mass is 35.5. The Kier molecular flexibility index (Phi) is 6.74. The van der Waals surface area contributed by atoms with E-state index in [9.17, 15) is 14.0 Å². The fraction of sp³-hybridized carbons (Fsp3) is 0.158. The Bertz CT molecular complexity index is 839. The van der Waals surface area contributed by atoms with Crippen LogP contribution >= 0.6 is 11.6 Å². The standard InChI is InChI=1S/C19H18ClFN2O3/c1-23(19(25)10-7-13-5-3-4-6-15(13)21)12-18(24)22-16-11-14(20)8-9-17(16)26-2/h3-11H,12H2,1-2H3,(H,22,24)/b10-7+. The predicted octanol–water partition coefficient (Wildman–Crippen LogP) is 3.60. The van der Waals surface area contributed by atoms with Gasteiger partial charge in [0.25, 0.3) is 0 Å². The van der Waals surface area contributed by atoms with Gasteiger partial charge in [-0.3, -0.25) is 9.59 Å². The second kappa shape index (κ2) is 9.01. The summed E-state index contributed by atoms with van der Waals surface area (Å²) in [4.78, 5) is 25.4. The number of amides is 2. The molecule has 0 atom stereocenters. The zero-order valence-corrected chi connectivity index (χ0v) is 15.1. The van der Waals surface area contributed by atoms with E-state index >= 15 is 0 Å². The molecule has 0 saturated carbocycles. The number of hydrogen-bond donors (Lipinski definition) is 1. The highest BCUT2D eigenvalue weighted by molar-refractivity contribution is 6.31. The van der Waals surface area contributed by atoms with Gasteiger partial charge in [-0.2, -0.15) is 0 Å². The summed E-state index contributed by atoms with van der Waals surface area (Å²) in [5.74, 6) is -0.816. The van der Waals surface area contributed by atoms with Gasteiger partial charge in [0, 0.05) is 23.7 Å². The lowest BCUT2D eigenvalue weighted by molar-refractivity contribution is -0.129. The van der Waals surface area contributed by atoms with Crippen LogP contribution < -0.4 is 10.1 Å². The van der Waals surface area contributed by atoms with Crippen LogP contribution in [0.3, 0.4) is 0 Å². The van der Waals surface area contributed by atoms with Crippen molar-refractivity contribution in [3.63, 3.8) is 0 Å². The lowest BCUT2D eigenvalue weighted by Gasteiger charge is -2.16. The van der Waals surface area contributed by atoms with Crippen molar-refractivity contribution in [1.29, 1.82) is 0 Å². The van der Waals surface area contributed by atoms with Crippen LogP contribution in [0.25, 0.3) is 6.08 Å². The molecule has 2 amide bonds. The average Bonchev–Trinajstić information content (AvgIpc) is 2.60. The van der Waals surface area contributed by atoms with E-state index < -0.39 is 17.6 Å². The monoisotopic (exact) mass is 376 g/mol. The Hall–Kier alpha value is -2.86. The fourth-order valence-electron chi connectivity index (χ4n) is 2.16. The first-order chi connectivity index (χ1) is 12.4. The minimum absolute atomic E-state index is 0.184. The molecule has 2 aromatic rings. The third-order valence-electron chi connectivity index (χ3n) is 3.50. The van der Waals surface area contributed by atoms with Crippen molar-refractivity contribution in [2.75, 3.05) is 26.0 Å². The molecule has 0 aliphatic rings. The number of rotatable bonds is 6. The summed E-state index contributed by atoms with van der Waals surface area (Å²) in [6.07, 6.45) is 2.58. The normalized spacial score (nSPS) is 10.6. The zero-order chi connectivity index (χ0) is 19.1. The number of ether oxygens (including phenoxy) is 1. The second-order valence-corrected chi connectivity index (χ2v) is 5.88. The largest absolute Gasteiger partial charge is 0.495 e. The topological polar surface area (TPSA) is 58.6 Å². The van der Waals surface area contributed by atoms with Crippen molar-refractivity contribution >= 4 is 35.2 Å². The van der Waals surface area contributed by atoms with E-state index in [4.69, 9.17) is 16.3 Å². The molecule has 26 heavy (non-hydrogen) atoms. The number of likely N-dealkylation sites (N-methyl/N-ethyl adjacent to an activating group) is 1. The maximum atomic E-state index is 13.5. The van der Waals surface area contributed by atoms with Crippen LogP contribution in [0.5, 0.6) is 5.75 Å². The number of methoxy groups -OCH3 is 1. The maximum Gasteiger partial charge on any atom is 0.246 e. The van der Waals surface area contributed by atoms with Crippen LogP contribution in [0.2, 0.25) is 5.02 Å². The lowest BCUT2D eigenvalue weighted by Crippen LogP contribution is -2.33. The smallest absolute Gasteiger partial charge is 0.246 e. The summed E-state index contributed by atoms with van der Waals surface area (Å²) in [6, 6.07) is 10.9. The second-order valence-electron chi connectivity index (χ2n) is 5.44. The van der Waals surface area contributed by atoms with Gasteiger partial charge in [0.15, 0.2) is 0 Å². The number of carbonyl (C=O) groups is 2. The predicted molar refractivity (Wildman–Crippen MR) is 99.7 cm³/mol. The Morgan fingerprint density at radius 3 is 2.69 bits per heavy atom. The molecule has 0 aliphatic carbocycles. The molecule has 0 heterocycles. The summed E-state index contributed by atoms with van der Waals surface area (Å²) in [7, 11) is 2.95. The van der Waals surface area contributed by atoms with Crippen molar-refractivity contribution in [3.8, 4) is 5.75 Å². The number of hydrogen-bond acceptors (Lipinski definition) is 3. The maximum absolute atomic E-state index is 13.5. The van der Waals surface area contributed by atoms with Crippen molar-refractivity contribution in [3.05, 3.63) is 64.9 Å². The van der Waals surface area contributed by atoms with Crippen LogP contribution in [0.1, 0.15) is 5.56 Å². The van der Waals surface area contributed by atoms with Gasteiger partial charge in [-0.15, -0.1) is 0 Å². The average molecular weight is 377 g/mol. The molecule has 2 rings (SSSR count). The van der Waals surface area contributed by atoms with E-state index in [0.29, 0.717) is 22.0 Å². The van der Waals surface area contributed by atoms with E-state index in [1.807, 2.05) is 0 Å². The van der Waals surface area contributed by atoms with Gasteiger partial charge in [0.1, 0.15) is 11.6 Å². The van der Waals surface area contributed by atoms with Crippen LogP contribution in [0, 0.1) is 5.82 Å². The molecule has 1 N–H and O–H groups in total. The minimum atomic E-state index is -0.429. The Morgan fingerprint density at radius 1 is 1.27 bits per heavy atom. The third-order valence-corrected chi connectivity index (χ3v) is 3.74. The molecule has 5 nitrogen and oxygen atoms in total. The fourth-order valence-corrected chi connectivity index (χ4v) is 2.33. The van der Waals surface area contributed by atoms with E-state index in [2.05, 4.69) is 5.32 Å². The van der Waals surface area contributed by atoms with Crippen molar-refractivity contribution in [2.45, 2.75) is 0 Å². The Balaban J connectivity index is 1.97. The minimum Gasteiger partial charge on any atom is -0.495 e. The highest BCUT2D eigenvalue weighted by Crippen LogP contribution is 2.27. The number of anilines is 1. The number of carbonyl (C=O) groups excluding carboxylic acids is 2. The quantitative estimate of drug-likeness (QED) is 0.784. The first kappa shape index (κ1) is 19.5. The van der Waals surface area contributed by atoms with Crippen LogP contribution in [0.4, 0.5) is 10.1 Å². The zero-order valence-electron chi connectivity index (χ0n) is 14.3.